The minimum atomic E-state index is 0.288. The largest absolute Gasteiger partial charge is 0.310 e. The summed E-state index contributed by atoms with van der Waals surface area (Å²) >= 11 is 12.4. The molecule has 1 N–H and O–H groups in total. The van der Waals surface area contributed by atoms with Crippen LogP contribution in [-0.2, 0) is 0 Å². The van der Waals surface area contributed by atoms with Crippen LogP contribution in [0.2, 0.25) is 10.0 Å². The summed E-state index contributed by atoms with van der Waals surface area (Å²) in [5.41, 5.74) is 1.12. The van der Waals surface area contributed by atoms with E-state index in [0.717, 1.165) is 28.6 Å². The Balaban J connectivity index is 2.96. The summed E-state index contributed by atoms with van der Waals surface area (Å²) in [4.78, 5) is 0. The molecule has 18 heavy (non-hydrogen) atoms. The SMILES string of the molecule is CCCNC(c1cc(Cl)ccc1Cl)C(C)CCC. The van der Waals surface area contributed by atoms with Crippen molar-refractivity contribution in [2.75, 3.05) is 6.54 Å². The molecule has 2 unspecified atom stereocenters. The Bertz CT molecular complexity index is 366. The summed E-state index contributed by atoms with van der Waals surface area (Å²) in [6, 6.07) is 6.01. The molecule has 0 saturated heterocycles. The lowest BCUT2D eigenvalue weighted by molar-refractivity contribution is 0.363. The van der Waals surface area contributed by atoms with Gasteiger partial charge in [0.2, 0.25) is 0 Å². The van der Waals surface area contributed by atoms with E-state index in [1.165, 1.54) is 12.8 Å². The van der Waals surface area contributed by atoms with Crippen LogP contribution in [-0.4, -0.2) is 6.54 Å². The van der Waals surface area contributed by atoms with E-state index in [1.807, 2.05) is 18.2 Å². The van der Waals surface area contributed by atoms with Gasteiger partial charge in [-0.15, -0.1) is 0 Å². The van der Waals surface area contributed by atoms with Gasteiger partial charge in [-0.05, 0) is 49.1 Å². The molecule has 0 spiro atoms. The van der Waals surface area contributed by atoms with Crippen molar-refractivity contribution in [3.8, 4) is 0 Å². The highest BCUT2D eigenvalue weighted by Crippen LogP contribution is 2.32. The molecule has 0 radical (unpaired) electrons. The summed E-state index contributed by atoms with van der Waals surface area (Å²) in [7, 11) is 0. The van der Waals surface area contributed by atoms with Gasteiger partial charge in [-0.1, -0.05) is 50.4 Å². The fourth-order valence-corrected chi connectivity index (χ4v) is 2.71. The predicted octanol–water partition coefficient (Wildman–Crippen LogP) is 5.47. The number of rotatable bonds is 7. The molecule has 0 aromatic heterocycles. The molecule has 0 amide bonds. The van der Waals surface area contributed by atoms with E-state index in [2.05, 4.69) is 26.1 Å². The molecule has 0 bridgehead atoms. The first-order valence-corrected chi connectivity index (χ1v) is 7.54. The summed E-state index contributed by atoms with van der Waals surface area (Å²) in [6.45, 7) is 7.66. The fraction of sp³-hybridized carbons (Fsp3) is 0.600. The van der Waals surface area contributed by atoms with Crippen molar-refractivity contribution in [3.63, 3.8) is 0 Å². The number of hydrogen-bond donors (Lipinski definition) is 1. The zero-order valence-corrected chi connectivity index (χ0v) is 13.0. The maximum Gasteiger partial charge on any atom is 0.0454 e. The second-order valence-corrected chi connectivity index (χ2v) is 5.71. The first kappa shape index (κ1) is 15.8. The molecule has 1 rings (SSSR count). The molecule has 1 aromatic rings. The molecule has 3 heteroatoms. The Morgan fingerprint density at radius 3 is 2.50 bits per heavy atom. The minimum Gasteiger partial charge on any atom is -0.310 e. The average molecular weight is 288 g/mol. The standard InChI is InChI=1S/C15H23Cl2N/c1-4-6-11(3)15(18-9-5-2)13-10-12(16)7-8-14(13)17/h7-8,10-11,15,18H,4-6,9H2,1-3H3. The second-order valence-electron chi connectivity index (χ2n) is 4.86. The maximum atomic E-state index is 6.32. The van der Waals surface area contributed by atoms with Gasteiger partial charge in [0.1, 0.15) is 0 Å². The highest BCUT2D eigenvalue weighted by molar-refractivity contribution is 6.33. The Morgan fingerprint density at radius 2 is 1.89 bits per heavy atom. The van der Waals surface area contributed by atoms with Gasteiger partial charge in [0.05, 0.1) is 0 Å². The Morgan fingerprint density at radius 1 is 1.17 bits per heavy atom. The van der Waals surface area contributed by atoms with Crippen molar-refractivity contribution in [1.29, 1.82) is 0 Å². The van der Waals surface area contributed by atoms with E-state index in [4.69, 9.17) is 23.2 Å². The number of hydrogen-bond acceptors (Lipinski definition) is 1. The van der Waals surface area contributed by atoms with Gasteiger partial charge >= 0.3 is 0 Å². The topological polar surface area (TPSA) is 12.0 Å². The molecule has 0 saturated carbocycles. The number of benzene rings is 1. The molecule has 1 nitrogen and oxygen atoms in total. The van der Waals surface area contributed by atoms with Crippen molar-refractivity contribution in [2.24, 2.45) is 5.92 Å². The van der Waals surface area contributed by atoms with Crippen LogP contribution in [0.5, 0.6) is 0 Å². The molecule has 0 fully saturated rings. The highest BCUT2D eigenvalue weighted by atomic mass is 35.5. The zero-order valence-electron chi connectivity index (χ0n) is 11.5. The molecule has 0 aliphatic heterocycles. The first-order valence-electron chi connectivity index (χ1n) is 6.78. The number of nitrogens with one attached hydrogen (secondary N) is 1. The van der Waals surface area contributed by atoms with Gasteiger partial charge in [-0.25, -0.2) is 0 Å². The Kier molecular flexibility index (Phi) is 7.06. The van der Waals surface area contributed by atoms with Crippen LogP contribution in [0.4, 0.5) is 0 Å². The van der Waals surface area contributed by atoms with Crippen molar-refractivity contribution < 1.29 is 0 Å². The smallest absolute Gasteiger partial charge is 0.0454 e. The van der Waals surface area contributed by atoms with Crippen LogP contribution >= 0.6 is 23.2 Å². The van der Waals surface area contributed by atoms with Gasteiger partial charge in [0, 0.05) is 16.1 Å². The quantitative estimate of drug-likeness (QED) is 0.701. The van der Waals surface area contributed by atoms with Gasteiger partial charge in [0.15, 0.2) is 0 Å². The lowest BCUT2D eigenvalue weighted by Gasteiger charge is -2.26. The summed E-state index contributed by atoms with van der Waals surface area (Å²) in [5.74, 6) is 0.553. The predicted molar refractivity (Wildman–Crippen MR) is 81.6 cm³/mol. The normalized spacial score (nSPS) is 14.5. The Labute approximate surface area is 121 Å². The van der Waals surface area contributed by atoms with Gasteiger partial charge in [-0.3, -0.25) is 0 Å². The third-order valence-corrected chi connectivity index (χ3v) is 3.80. The molecule has 0 aliphatic rings. The van der Waals surface area contributed by atoms with Crippen LogP contribution in [0.3, 0.4) is 0 Å². The lowest BCUT2D eigenvalue weighted by Crippen LogP contribution is -2.28. The first-order chi connectivity index (χ1) is 8.60. The molecular weight excluding hydrogens is 265 g/mol. The van der Waals surface area contributed by atoms with E-state index >= 15 is 0 Å². The van der Waals surface area contributed by atoms with Crippen LogP contribution < -0.4 is 5.32 Å². The van der Waals surface area contributed by atoms with Crippen molar-refractivity contribution in [1.82, 2.24) is 5.32 Å². The maximum absolute atomic E-state index is 6.32. The van der Waals surface area contributed by atoms with Crippen LogP contribution in [0.25, 0.3) is 0 Å². The van der Waals surface area contributed by atoms with E-state index in [0.29, 0.717) is 5.92 Å². The molecule has 0 heterocycles. The van der Waals surface area contributed by atoms with Crippen LogP contribution in [0.15, 0.2) is 18.2 Å². The zero-order chi connectivity index (χ0) is 13.5. The summed E-state index contributed by atoms with van der Waals surface area (Å²) in [5, 5.41) is 5.15. The number of halogens is 2. The molecule has 2 atom stereocenters. The molecule has 102 valence electrons. The van der Waals surface area contributed by atoms with Gasteiger partial charge < -0.3 is 5.32 Å². The van der Waals surface area contributed by atoms with E-state index in [1.54, 1.807) is 0 Å². The minimum absolute atomic E-state index is 0.288. The summed E-state index contributed by atoms with van der Waals surface area (Å²) in [6.07, 6.45) is 3.49. The van der Waals surface area contributed by atoms with Crippen LogP contribution in [0, 0.1) is 5.92 Å². The average Bonchev–Trinajstić information content (AvgIpc) is 2.34. The van der Waals surface area contributed by atoms with Gasteiger partial charge in [-0.2, -0.15) is 0 Å². The fourth-order valence-electron chi connectivity index (χ4n) is 2.29. The van der Waals surface area contributed by atoms with Crippen LogP contribution in [0.1, 0.15) is 51.6 Å². The van der Waals surface area contributed by atoms with E-state index < -0.39 is 0 Å². The lowest BCUT2D eigenvalue weighted by atomic mass is 9.91. The van der Waals surface area contributed by atoms with Crippen molar-refractivity contribution in [2.45, 2.75) is 46.1 Å². The van der Waals surface area contributed by atoms with Crippen molar-refractivity contribution >= 4 is 23.2 Å². The molecular formula is C15H23Cl2N. The Hall–Kier alpha value is -0.240. The molecule has 0 aliphatic carbocycles. The van der Waals surface area contributed by atoms with E-state index in [9.17, 15) is 0 Å². The monoisotopic (exact) mass is 287 g/mol. The molecule has 1 aromatic carbocycles. The van der Waals surface area contributed by atoms with E-state index in [-0.39, 0.29) is 6.04 Å². The second kappa shape index (κ2) is 8.04. The highest BCUT2D eigenvalue weighted by Gasteiger charge is 2.20. The third kappa shape index (κ3) is 4.46. The van der Waals surface area contributed by atoms with Crippen molar-refractivity contribution in [3.05, 3.63) is 33.8 Å². The third-order valence-electron chi connectivity index (χ3n) is 3.22. The summed E-state index contributed by atoms with van der Waals surface area (Å²) < 4.78 is 0. The van der Waals surface area contributed by atoms with Gasteiger partial charge in [0.25, 0.3) is 0 Å².